The fraction of sp³-hybridized carbons (Fsp3) is 0.421. The first kappa shape index (κ1) is 19.0. The molecule has 1 fully saturated rings. The van der Waals surface area contributed by atoms with Crippen LogP contribution in [0.1, 0.15) is 43.7 Å². The van der Waals surface area contributed by atoms with E-state index >= 15 is 0 Å². The molecule has 1 aliphatic carbocycles. The van der Waals surface area contributed by atoms with Crippen LogP contribution in [0.4, 0.5) is 8.78 Å². The highest BCUT2D eigenvalue weighted by Crippen LogP contribution is 2.32. The molecule has 8 heteroatoms. The van der Waals surface area contributed by atoms with E-state index in [-0.39, 0.29) is 17.2 Å². The minimum absolute atomic E-state index is 0.162. The highest BCUT2D eigenvalue weighted by Gasteiger charge is 2.28. The van der Waals surface area contributed by atoms with Gasteiger partial charge in [-0.25, -0.2) is 18.3 Å². The summed E-state index contributed by atoms with van der Waals surface area (Å²) in [7, 11) is 0. The van der Waals surface area contributed by atoms with Gasteiger partial charge in [-0.3, -0.25) is 4.79 Å². The fourth-order valence-corrected chi connectivity index (χ4v) is 3.40. The van der Waals surface area contributed by atoms with Crippen LogP contribution < -0.4 is 10.3 Å². The van der Waals surface area contributed by atoms with Crippen molar-refractivity contribution in [3.63, 3.8) is 0 Å². The topological polar surface area (TPSA) is 81.4 Å². The van der Waals surface area contributed by atoms with Crippen molar-refractivity contribution in [1.29, 1.82) is 0 Å². The summed E-state index contributed by atoms with van der Waals surface area (Å²) in [4.78, 5) is 24.0. The van der Waals surface area contributed by atoms with Crippen molar-refractivity contribution in [2.24, 2.45) is 5.92 Å². The molecule has 1 N–H and O–H groups in total. The number of hydrogen-bond acceptors (Lipinski definition) is 4. The zero-order chi connectivity index (χ0) is 19.6. The van der Waals surface area contributed by atoms with Gasteiger partial charge in [-0.05, 0) is 30.9 Å². The molecule has 144 valence electrons. The minimum Gasteiger partial charge on any atom is -0.480 e. The molecule has 6 nitrogen and oxygen atoms in total. The Balaban J connectivity index is 1.85. The first-order valence-electron chi connectivity index (χ1n) is 8.81. The zero-order valence-electron chi connectivity index (χ0n) is 14.8. The summed E-state index contributed by atoms with van der Waals surface area (Å²) in [5, 5.41) is 13.4. The maximum atomic E-state index is 14.0. The summed E-state index contributed by atoms with van der Waals surface area (Å²) < 4.78 is 33.9. The number of carbonyl (C=O) groups is 1. The quantitative estimate of drug-likeness (QED) is 0.826. The number of carboxylic acids is 1. The summed E-state index contributed by atoms with van der Waals surface area (Å²) in [5.74, 6) is -3.47. The lowest BCUT2D eigenvalue weighted by Crippen LogP contribution is -2.32. The molecule has 1 unspecified atom stereocenters. The Morgan fingerprint density at radius 1 is 1.37 bits per heavy atom. The number of aromatic nitrogens is 2. The minimum atomic E-state index is -1.14. The highest BCUT2D eigenvalue weighted by atomic mass is 19.1. The van der Waals surface area contributed by atoms with E-state index in [0.29, 0.717) is 6.42 Å². The molecule has 0 saturated heterocycles. The second-order valence-electron chi connectivity index (χ2n) is 6.82. The fourth-order valence-electron chi connectivity index (χ4n) is 3.40. The van der Waals surface area contributed by atoms with Gasteiger partial charge >= 0.3 is 5.97 Å². The second kappa shape index (κ2) is 7.85. The van der Waals surface area contributed by atoms with Crippen molar-refractivity contribution in [2.75, 3.05) is 0 Å². The first-order valence-corrected chi connectivity index (χ1v) is 8.81. The third-order valence-corrected chi connectivity index (χ3v) is 4.87. The standard InChI is InChI=1S/C19H20F2N2O4/c1-11-6-7-14(20)18(17(11)21)27-13-9-16(24)23(22-10-13)15(19(25)26)8-12-4-2-3-5-12/h6-7,9-10,12,15H,2-5,8H2,1H3,(H,25,26). The molecule has 0 radical (unpaired) electrons. The zero-order valence-corrected chi connectivity index (χ0v) is 14.8. The molecule has 1 saturated carbocycles. The molecule has 1 aliphatic rings. The van der Waals surface area contributed by atoms with Gasteiger partial charge in [0.1, 0.15) is 0 Å². The molecule has 1 aromatic carbocycles. The lowest BCUT2D eigenvalue weighted by molar-refractivity contribution is -0.142. The van der Waals surface area contributed by atoms with Gasteiger partial charge in [0.25, 0.3) is 5.56 Å². The van der Waals surface area contributed by atoms with E-state index in [0.717, 1.165) is 48.7 Å². The Kier molecular flexibility index (Phi) is 5.53. The van der Waals surface area contributed by atoms with Crippen LogP contribution in [0.3, 0.4) is 0 Å². The average molecular weight is 378 g/mol. The maximum absolute atomic E-state index is 14.0. The number of aliphatic carboxylic acids is 1. The number of rotatable bonds is 6. The molecule has 27 heavy (non-hydrogen) atoms. The predicted octanol–water partition coefficient (Wildman–Crippen LogP) is 3.83. The molecule has 0 aliphatic heterocycles. The van der Waals surface area contributed by atoms with Gasteiger partial charge in [-0.15, -0.1) is 0 Å². The van der Waals surface area contributed by atoms with Crippen LogP contribution in [0.25, 0.3) is 0 Å². The number of benzene rings is 1. The number of halogens is 2. The van der Waals surface area contributed by atoms with Crippen LogP contribution in [-0.4, -0.2) is 20.9 Å². The highest BCUT2D eigenvalue weighted by molar-refractivity contribution is 5.71. The summed E-state index contributed by atoms with van der Waals surface area (Å²) >= 11 is 0. The van der Waals surface area contributed by atoms with Crippen molar-refractivity contribution < 1.29 is 23.4 Å². The van der Waals surface area contributed by atoms with Crippen LogP contribution in [0, 0.1) is 24.5 Å². The van der Waals surface area contributed by atoms with Gasteiger partial charge in [-0.2, -0.15) is 5.10 Å². The predicted molar refractivity (Wildman–Crippen MR) is 92.9 cm³/mol. The van der Waals surface area contributed by atoms with Crippen molar-refractivity contribution in [1.82, 2.24) is 9.78 Å². The molecule has 1 heterocycles. The van der Waals surface area contributed by atoms with Gasteiger partial charge in [0.15, 0.2) is 29.2 Å². The third-order valence-electron chi connectivity index (χ3n) is 4.87. The van der Waals surface area contributed by atoms with Crippen molar-refractivity contribution >= 4 is 5.97 Å². The lowest BCUT2D eigenvalue weighted by Gasteiger charge is -2.18. The van der Waals surface area contributed by atoms with Gasteiger partial charge in [0, 0.05) is 6.07 Å². The Labute approximate surface area is 154 Å². The summed E-state index contributed by atoms with van der Waals surface area (Å²) in [6, 6.07) is 2.24. The normalized spacial score (nSPS) is 15.7. The summed E-state index contributed by atoms with van der Waals surface area (Å²) in [6.07, 6.45) is 5.40. The van der Waals surface area contributed by atoms with Gasteiger partial charge in [0.2, 0.25) is 0 Å². The number of ether oxygens (including phenoxy) is 1. The number of nitrogens with zero attached hydrogens (tertiary/aromatic N) is 2. The smallest absolute Gasteiger partial charge is 0.328 e. The van der Waals surface area contributed by atoms with Gasteiger partial charge in [0.05, 0.1) is 6.20 Å². The monoisotopic (exact) mass is 378 g/mol. The molecule has 1 atom stereocenters. The lowest BCUT2D eigenvalue weighted by atomic mass is 9.98. The summed E-state index contributed by atoms with van der Waals surface area (Å²) in [6.45, 7) is 1.46. The van der Waals surface area contributed by atoms with E-state index in [1.165, 1.54) is 13.0 Å². The molecule has 3 rings (SSSR count). The first-order chi connectivity index (χ1) is 12.9. The molecule has 0 spiro atoms. The van der Waals surface area contributed by atoms with Gasteiger partial charge in [-0.1, -0.05) is 31.7 Å². The van der Waals surface area contributed by atoms with E-state index in [1.807, 2.05) is 0 Å². The van der Waals surface area contributed by atoms with E-state index in [2.05, 4.69) is 5.10 Å². The number of aryl methyl sites for hydroxylation is 1. The maximum Gasteiger partial charge on any atom is 0.328 e. The van der Waals surface area contributed by atoms with Crippen molar-refractivity contribution in [3.05, 3.63) is 51.9 Å². The van der Waals surface area contributed by atoms with E-state index in [9.17, 15) is 23.5 Å². The third kappa shape index (κ3) is 4.15. The van der Waals surface area contributed by atoms with Crippen molar-refractivity contribution in [2.45, 2.75) is 45.1 Å². The molecule has 0 amide bonds. The van der Waals surface area contributed by atoms with E-state index in [4.69, 9.17) is 4.74 Å². The largest absolute Gasteiger partial charge is 0.480 e. The Morgan fingerprint density at radius 2 is 2.07 bits per heavy atom. The van der Waals surface area contributed by atoms with Crippen LogP contribution in [0.2, 0.25) is 0 Å². The molecule has 2 aromatic rings. The van der Waals surface area contributed by atoms with E-state index < -0.39 is 35.0 Å². The Bertz CT molecular complexity index is 907. The molecular formula is C19H20F2N2O4. The van der Waals surface area contributed by atoms with Gasteiger partial charge < -0.3 is 9.84 Å². The van der Waals surface area contributed by atoms with Crippen LogP contribution in [0.15, 0.2) is 29.2 Å². The summed E-state index contributed by atoms with van der Waals surface area (Å²) in [5.41, 5.74) is -0.512. The second-order valence-corrected chi connectivity index (χ2v) is 6.82. The number of hydrogen-bond donors (Lipinski definition) is 1. The van der Waals surface area contributed by atoms with Crippen LogP contribution >= 0.6 is 0 Å². The van der Waals surface area contributed by atoms with Crippen LogP contribution in [-0.2, 0) is 4.79 Å². The Hall–Kier alpha value is -2.77. The average Bonchev–Trinajstić information content (AvgIpc) is 3.14. The van der Waals surface area contributed by atoms with E-state index in [1.54, 1.807) is 0 Å². The molecule has 0 bridgehead atoms. The Morgan fingerprint density at radius 3 is 2.70 bits per heavy atom. The van der Waals surface area contributed by atoms with Crippen molar-refractivity contribution in [3.8, 4) is 11.5 Å². The molecule has 1 aromatic heterocycles. The van der Waals surface area contributed by atoms with Crippen LogP contribution in [0.5, 0.6) is 11.5 Å². The number of carboxylic acid groups (broad SMARTS) is 1. The molecular weight excluding hydrogens is 358 g/mol. The SMILES string of the molecule is Cc1ccc(F)c(Oc2cnn(C(CC3CCCC3)C(=O)O)c(=O)c2)c1F.